The van der Waals surface area contributed by atoms with Crippen molar-refractivity contribution >= 4 is 5.91 Å². The van der Waals surface area contributed by atoms with E-state index in [4.69, 9.17) is 0 Å². The van der Waals surface area contributed by atoms with Gasteiger partial charge in [0, 0.05) is 18.5 Å². The van der Waals surface area contributed by atoms with Crippen molar-refractivity contribution in [3.05, 3.63) is 28.2 Å². The van der Waals surface area contributed by atoms with Gasteiger partial charge < -0.3 is 5.32 Å². The molecule has 0 atom stereocenters. The van der Waals surface area contributed by atoms with Crippen molar-refractivity contribution in [2.24, 2.45) is 5.92 Å². The van der Waals surface area contributed by atoms with Crippen LogP contribution in [0.15, 0.2) is 16.9 Å². The first-order valence-corrected chi connectivity index (χ1v) is 8.07. The number of carbonyl (C=O) groups is 1. The van der Waals surface area contributed by atoms with Crippen molar-refractivity contribution in [2.45, 2.75) is 57.4 Å². The summed E-state index contributed by atoms with van der Waals surface area (Å²) in [7, 11) is 0. The van der Waals surface area contributed by atoms with E-state index in [1.54, 1.807) is 6.07 Å². The summed E-state index contributed by atoms with van der Waals surface area (Å²) in [6, 6.07) is 3.31. The van der Waals surface area contributed by atoms with Gasteiger partial charge in [0.15, 0.2) is 0 Å². The summed E-state index contributed by atoms with van der Waals surface area (Å²) >= 11 is 0. The van der Waals surface area contributed by atoms with Crippen LogP contribution < -0.4 is 10.9 Å². The van der Waals surface area contributed by atoms with E-state index in [9.17, 15) is 9.59 Å². The van der Waals surface area contributed by atoms with Gasteiger partial charge in [0.1, 0.15) is 6.54 Å². The van der Waals surface area contributed by atoms with Crippen molar-refractivity contribution in [3.8, 4) is 0 Å². The zero-order chi connectivity index (χ0) is 14.7. The summed E-state index contributed by atoms with van der Waals surface area (Å²) < 4.78 is 1.30. The Hall–Kier alpha value is -1.65. The molecule has 2 aliphatic rings. The Balaban J connectivity index is 1.54. The molecule has 1 N–H and O–H groups in total. The Kier molecular flexibility index (Phi) is 4.36. The molecule has 2 saturated carbocycles. The summed E-state index contributed by atoms with van der Waals surface area (Å²) in [5, 5.41) is 7.27. The molecule has 2 fully saturated rings. The zero-order valence-corrected chi connectivity index (χ0v) is 12.4. The van der Waals surface area contributed by atoms with E-state index in [-0.39, 0.29) is 18.0 Å². The Morgan fingerprint density at radius 3 is 2.67 bits per heavy atom. The quantitative estimate of drug-likeness (QED) is 0.899. The molecule has 21 heavy (non-hydrogen) atoms. The lowest BCUT2D eigenvalue weighted by Crippen LogP contribution is -2.36. The second-order valence-corrected chi connectivity index (χ2v) is 6.34. The highest BCUT2D eigenvalue weighted by atomic mass is 16.2. The summed E-state index contributed by atoms with van der Waals surface area (Å²) in [6.07, 6.45) is 8.54. The lowest BCUT2D eigenvalue weighted by Gasteiger charge is -2.21. The maximum Gasteiger partial charge on any atom is 0.267 e. The van der Waals surface area contributed by atoms with Crippen LogP contribution in [0.1, 0.15) is 56.6 Å². The normalized spacial score (nSPS) is 19.4. The largest absolute Gasteiger partial charge is 0.354 e. The minimum atomic E-state index is -0.202. The second-order valence-electron chi connectivity index (χ2n) is 6.34. The van der Waals surface area contributed by atoms with Crippen molar-refractivity contribution in [3.63, 3.8) is 0 Å². The fraction of sp³-hybridized carbons (Fsp3) is 0.688. The predicted octanol–water partition coefficient (Wildman–Crippen LogP) is 1.82. The van der Waals surface area contributed by atoms with Gasteiger partial charge >= 0.3 is 0 Å². The van der Waals surface area contributed by atoms with E-state index < -0.39 is 0 Å². The van der Waals surface area contributed by atoms with Gasteiger partial charge in [0.05, 0.1) is 5.69 Å². The minimum Gasteiger partial charge on any atom is -0.354 e. The van der Waals surface area contributed by atoms with Crippen molar-refractivity contribution in [1.82, 2.24) is 15.1 Å². The van der Waals surface area contributed by atoms with Crippen LogP contribution in [0, 0.1) is 5.92 Å². The highest BCUT2D eigenvalue weighted by molar-refractivity contribution is 5.75. The van der Waals surface area contributed by atoms with Crippen LogP contribution in [0.3, 0.4) is 0 Å². The molecule has 0 aromatic carbocycles. The molecule has 1 heterocycles. The van der Waals surface area contributed by atoms with E-state index in [1.807, 2.05) is 0 Å². The SMILES string of the molecule is O=C(Cn1nc(C2CC2)ccc1=O)NCC1CCCCC1. The molecule has 0 unspecified atom stereocenters. The minimum absolute atomic E-state index is 0.0338. The van der Waals surface area contributed by atoms with Crippen LogP contribution >= 0.6 is 0 Å². The fourth-order valence-corrected chi connectivity index (χ4v) is 3.02. The topological polar surface area (TPSA) is 64.0 Å². The molecule has 5 heteroatoms. The number of nitrogens with zero attached hydrogens (tertiary/aromatic N) is 2. The summed E-state index contributed by atoms with van der Waals surface area (Å²) in [5.74, 6) is 0.982. The molecular formula is C16H23N3O2. The van der Waals surface area contributed by atoms with Crippen molar-refractivity contribution in [1.29, 1.82) is 0 Å². The van der Waals surface area contributed by atoms with Crippen LogP contribution in [0.4, 0.5) is 0 Å². The van der Waals surface area contributed by atoms with Gasteiger partial charge in [0.25, 0.3) is 5.56 Å². The van der Waals surface area contributed by atoms with Crippen molar-refractivity contribution < 1.29 is 4.79 Å². The van der Waals surface area contributed by atoms with Crippen LogP contribution in [0.25, 0.3) is 0 Å². The number of hydrogen-bond donors (Lipinski definition) is 1. The van der Waals surface area contributed by atoms with Gasteiger partial charge in [-0.25, -0.2) is 4.68 Å². The van der Waals surface area contributed by atoms with Crippen LogP contribution in [-0.2, 0) is 11.3 Å². The molecule has 1 aromatic heterocycles. The van der Waals surface area contributed by atoms with Gasteiger partial charge in [-0.15, -0.1) is 0 Å². The fourth-order valence-electron chi connectivity index (χ4n) is 3.02. The van der Waals surface area contributed by atoms with Gasteiger partial charge in [0.2, 0.25) is 5.91 Å². The molecule has 0 radical (unpaired) electrons. The molecule has 1 aromatic rings. The lowest BCUT2D eigenvalue weighted by atomic mass is 9.89. The number of hydrogen-bond acceptors (Lipinski definition) is 3. The lowest BCUT2D eigenvalue weighted by molar-refractivity contribution is -0.122. The van der Waals surface area contributed by atoms with Gasteiger partial charge in [-0.3, -0.25) is 9.59 Å². The average molecular weight is 289 g/mol. The highest BCUT2D eigenvalue weighted by Crippen LogP contribution is 2.38. The number of amides is 1. The summed E-state index contributed by atoms with van der Waals surface area (Å²) in [5.41, 5.74) is 0.738. The third kappa shape index (κ3) is 3.93. The standard InChI is InChI=1S/C16H23N3O2/c20-15(17-10-12-4-2-1-3-5-12)11-19-16(21)9-8-14(18-19)13-6-7-13/h8-9,12-13H,1-7,10-11H2,(H,17,20). The van der Waals surface area contributed by atoms with Crippen LogP contribution in [0.2, 0.25) is 0 Å². The Morgan fingerprint density at radius 2 is 1.95 bits per heavy atom. The smallest absolute Gasteiger partial charge is 0.267 e. The maximum atomic E-state index is 12.0. The zero-order valence-electron chi connectivity index (χ0n) is 12.4. The first kappa shape index (κ1) is 14.3. The number of carbonyl (C=O) groups excluding carboxylic acids is 1. The number of rotatable bonds is 5. The molecule has 1 amide bonds. The number of aromatic nitrogens is 2. The molecule has 0 bridgehead atoms. The molecule has 2 aliphatic carbocycles. The Morgan fingerprint density at radius 1 is 1.19 bits per heavy atom. The average Bonchev–Trinajstić information content (AvgIpc) is 3.33. The summed E-state index contributed by atoms with van der Waals surface area (Å²) in [6.45, 7) is 0.766. The van der Waals surface area contributed by atoms with Crippen LogP contribution in [-0.4, -0.2) is 22.2 Å². The molecule has 5 nitrogen and oxygen atoms in total. The molecular weight excluding hydrogens is 266 g/mol. The number of nitrogens with one attached hydrogen (secondary N) is 1. The molecule has 0 aliphatic heterocycles. The Labute approximate surface area is 124 Å². The maximum absolute atomic E-state index is 12.0. The van der Waals surface area contributed by atoms with E-state index >= 15 is 0 Å². The molecule has 0 spiro atoms. The van der Waals surface area contributed by atoms with E-state index in [2.05, 4.69) is 10.4 Å². The van der Waals surface area contributed by atoms with E-state index in [1.165, 1.54) is 42.9 Å². The first-order valence-electron chi connectivity index (χ1n) is 8.07. The van der Waals surface area contributed by atoms with E-state index in [0.29, 0.717) is 11.8 Å². The predicted molar refractivity (Wildman–Crippen MR) is 80.1 cm³/mol. The third-order valence-corrected chi connectivity index (χ3v) is 4.49. The first-order chi connectivity index (χ1) is 10.2. The molecule has 3 rings (SSSR count). The Bertz CT molecular complexity index is 557. The van der Waals surface area contributed by atoms with Gasteiger partial charge in [-0.05, 0) is 37.7 Å². The highest BCUT2D eigenvalue weighted by Gasteiger charge is 2.25. The molecule has 114 valence electrons. The van der Waals surface area contributed by atoms with Gasteiger partial charge in [-0.1, -0.05) is 19.3 Å². The monoisotopic (exact) mass is 289 g/mol. The van der Waals surface area contributed by atoms with Gasteiger partial charge in [-0.2, -0.15) is 5.10 Å². The summed E-state index contributed by atoms with van der Waals surface area (Å²) in [4.78, 5) is 23.8. The third-order valence-electron chi connectivity index (χ3n) is 4.49. The van der Waals surface area contributed by atoms with Crippen molar-refractivity contribution in [2.75, 3.05) is 6.54 Å². The second kappa shape index (κ2) is 6.41. The van der Waals surface area contributed by atoms with E-state index in [0.717, 1.165) is 25.1 Å². The van der Waals surface area contributed by atoms with Crippen LogP contribution in [0.5, 0.6) is 0 Å². The molecule has 0 saturated heterocycles.